The summed E-state index contributed by atoms with van der Waals surface area (Å²) in [6.45, 7) is 2.16. The molecule has 17 heavy (non-hydrogen) atoms. The highest BCUT2D eigenvalue weighted by atomic mass is 79.9. The number of carbonyl (C=O) groups excluding carboxylic acids is 1. The van der Waals surface area contributed by atoms with Crippen molar-refractivity contribution < 1.29 is 14.3 Å². The van der Waals surface area contributed by atoms with E-state index in [1.165, 1.54) is 0 Å². The molecule has 0 aliphatic rings. The molecule has 0 amide bonds. The second-order valence-corrected chi connectivity index (χ2v) is 4.34. The number of benzene rings is 1. The highest BCUT2D eigenvalue weighted by Gasteiger charge is 2.13. The minimum absolute atomic E-state index is 0.329. The number of methoxy groups -OCH3 is 1. The lowest BCUT2D eigenvalue weighted by molar-refractivity contribution is 0.0522. The number of esters is 1. The Labute approximate surface area is 110 Å². The molecule has 0 spiro atoms. The van der Waals surface area contributed by atoms with E-state index in [9.17, 15) is 4.79 Å². The van der Waals surface area contributed by atoms with Gasteiger partial charge in [0, 0.05) is 5.33 Å². The van der Waals surface area contributed by atoms with Gasteiger partial charge in [-0.2, -0.15) is 0 Å². The van der Waals surface area contributed by atoms with Gasteiger partial charge in [0.2, 0.25) is 0 Å². The summed E-state index contributed by atoms with van der Waals surface area (Å²) in [5.41, 5.74) is 1.62. The van der Waals surface area contributed by atoms with Gasteiger partial charge in [0.15, 0.2) is 0 Å². The molecule has 0 radical (unpaired) electrons. The van der Waals surface area contributed by atoms with Crippen molar-refractivity contribution >= 4 is 21.9 Å². The Hall–Kier alpha value is -1.03. The number of hydrogen-bond donors (Lipinski definition) is 0. The summed E-state index contributed by atoms with van der Waals surface area (Å²) in [5, 5.41) is 0.952. The van der Waals surface area contributed by atoms with Gasteiger partial charge in [-0.25, -0.2) is 4.79 Å². The molecule has 0 aliphatic heterocycles. The summed E-state index contributed by atoms with van der Waals surface area (Å²) in [6.07, 6.45) is 1.97. The van der Waals surface area contributed by atoms with Crippen molar-refractivity contribution in [1.29, 1.82) is 0 Å². The zero-order valence-electron chi connectivity index (χ0n) is 10.2. The van der Waals surface area contributed by atoms with Gasteiger partial charge in [0.05, 0.1) is 13.7 Å². The zero-order chi connectivity index (χ0) is 12.7. The molecule has 0 saturated heterocycles. The third-order valence-electron chi connectivity index (χ3n) is 2.36. The molecule has 94 valence electrons. The van der Waals surface area contributed by atoms with Crippen molar-refractivity contribution in [1.82, 2.24) is 0 Å². The van der Waals surface area contributed by atoms with Gasteiger partial charge in [0.1, 0.15) is 11.3 Å². The SMILES string of the molecule is CCOC(=O)c1cc(CCCBr)ccc1OC. The maximum absolute atomic E-state index is 11.7. The van der Waals surface area contributed by atoms with Crippen LogP contribution >= 0.6 is 15.9 Å². The van der Waals surface area contributed by atoms with Crippen LogP contribution in [0.1, 0.15) is 29.3 Å². The maximum Gasteiger partial charge on any atom is 0.341 e. The van der Waals surface area contributed by atoms with Gasteiger partial charge >= 0.3 is 5.97 Å². The molecule has 3 nitrogen and oxygen atoms in total. The van der Waals surface area contributed by atoms with E-state index in [1.54, 1.807) is 14.0 Å². The van der Waals surface area contributed by atoms with Crippen LogP contribution < -0.4 is 4.74 Å². The molecule has 0 heterocycles. The quantitative estimate of drug-likeness (QED) is 0.598. The minimum Gasteiger partial charge on any atom is -0.496 e. The topological polar surface area (TPSA) is 35.5 Å². The van der Waals surface area contributed by atoms with Crippen LogP contribution in [0.2, 0.25) is 0 Å². The van der Waals surface area contributed by atoms with E-state index in [2.05, 4.69) is 15.9 Å². The first kappa shape index (κ1) is 14.0. The third-order valence-corrected chi connectivity index (χ3v) is 2.92. The molecule has 0 aromatic heterocycles. The van der Waals surface area contributed by atoms with Crippen LogP contribution in [0.5, 0.6) is 5.75 Å². The molecule has 0 saturated carbocycles. The number of aryl methyl sites for hydroxylation is 1. The second-order valence-electron chi connectivity index (χ2n) is 3.55. The summed E-state index contributed by atoms with van der Waals surface area (Å²) in [4.78, 5) is 11.7. The van der Waals surface area contributed by atoms with Crippen LogP contribution in [0.3, 0.4) is 0 Å². The molecule has 0 bridgehead atoms. The molecule has 0 unspecified atom stereocenters. The number of hydrogen-bond acceptors (Lipinski definition) is 3. The first-order valence-corrected chi connectivity index (χ1v) is 6.75. The van der Waals surface area contributed by atoms with Crippen molar-refractivity contribution in [3.63, 3.8) is 0 Å². The number of halogens is 1. The standard InChI is InChI=1S/C13H17BrO3/c1-3-17-13(15)11-9-10(5-4-8-14)6-7-12(11)16-2/h6-7,9H,3-5,8H2,1-2H3. The van der Waals surface area contributed by atoms with Crippen molar-refractivity contribution in [2.75, 3.05) is 19.0 Å². The van der Waals surface area contributed by atoms with Crippen molar-refractivity contribution in [2.24, 2.45) is 0 Å². The van der Waals surface area contributed by atoms with Crippen LogP contribution in [0.15, 0.2) is 18.2 Å². The fourth-order valence-electron chi connectivity index (χ4n) is 1.55. The van der Waals surface area contributed by atoms with Gasteiger partial charge in [-0.1, -0.05) is 22.0 Å². The fourth-order valence-corrected chi connectivity index (χ4v) is 1.83. The molecule has 4 heteroatoms. The smallest absolute Gasteiger partial charge is 0.341 e. The summed E-state index contributed by atoms with van der Waals surface area (Å²) in [5.74, 6) is 0.232. The number of alkyl halides is 1. The monoisotopic (exact) mass is 300 g/mol. The molecule has 0 aliphatic carbocycles. The molecule has 0 N–H and O–H groups in total. The molecule has 1 aromatic rings. The van der Waals surface area contributed by atoms with E-state index < -0.39 is 0 Å². The molecule has 1 rings (SSSR count). The fraction of sp³-hybridized carbons (Fsp3) is 0.462. The van der Waals surface area contributed by atoms with E-state index in [4.69, 9.17) is 9.47 Å². The summed E-state index contributed by atoms with van der Waals surface area (Å²) < 4.78 is 10.2. The molecular weight excluding hydrogens is 284 g/mol. The Balaban J connectivity index is 2.93. The van der Waals surface area contributed by atoms with Gasteiger partial charge in [-0.05, 0) is 37.5 Å². The molecule has 0 atom stereocenters. The van der Waals surface area contributed by atoms with E-state index in [-0.39, 0.29) is 5.97 Å². The Bertz CT molecular complexity index is 377. The Kier molecular flexibility index (Phi) is 6.05. The lowest BCUT2D eigenvalue weighted by Crippen LogP contribution is -2.07. The largest absolute Gasteiger partial charge is 0.496 e. The van der Waals surface area contributed by atoms with Crippen LogP contribution in [0, 0.1) is 0 Å². The van der Waals surface area contributed by atoms with E-state index in [1.807, 2.05) is 18.2 Å². The highest BCUT2D eigenvalue weighted by molar-refractivity contribution is 9.09. The van der Waals surface area contributed by atoms with Crippen molar-refractivity contribution in [3.8, 4) is 5.75 Å². The second kappa shape index (κ2) is 7.33. The van der Waals surface area contributed by atoms with Crippen molar-refractivity contribution in [3.05, 3.63) is 29.3 Å². The molecular formula is C13H17BrO3. The summed E-state index contributed by atoms with van der Waals surface area (Å²) in [6, 6.07) is 5.64. The summed E-state index contributed by atoms with van der Waals surface area (Å²) >= 11 is 3.39. The zero-order valence-corrected chi connectivity index (χ0v) is 11.7. The number of carbonyl (C=O) groups is 1. The van der Waals surface area contributed by atoms with Crippen LogP contribution in [-0.4, -0.2) is 25.0 Å². The maximum atomic E-state index is 11.7. The first-order chi connectivity index (χ1) is 8.22. The van der Waals surface area contributed by atoms with Gasteiger partial charge < -0.3 is 9.47 Å². The molecule has 0 fully saturated rings. The molecule has 1 aromatic carbocycles. The normalized spacial score (nSPS) is 10.1. The van der Waals surface area contributed by atoms with E-state index in [0.717, 1.165) is 23.7 Å². The Morgan fingerprint density at radius 2 is 2.18 bits per heavy atom. The van der Waals surface area contributed by atoms with Crippen molar-refractivity contribution in [2.45, 2.75) is 19.8 Å². The third kappa shape index (κ3) is 4.04. The van der Waals surface area contributed by atoms with Crippen LogP contribution in [0.25, 0.3) is 0 Å². The van der Waals surface area contributed by atoms with E-state index in [0.29, 0.717) is 17.9 Å². The predicted molar refractivity (Wildman–Crippen MR) is 71.1 cm³/mol. The van der Waals surface area contributed by atoms with Gasteiger partial charge in [0.25, 0.3) is 0 Å². The van der Waals surface area contributed by atoms with Crippen LogP contribution in [0.4, 0.5) is 0 Å². The van der Waals surface area contributed by atoms with Gasteiger partial charge in [-0.3, -0.25) is 0 Å². The average Bonchev–Trinajstić information content (AvgIpc) is 2.36. The Morgan fingerprint density at radius 3 is 2.76 bits per heavy atom. The number of rotatable bonds is 6. The lowest BCUT2D eigenvalue weighted by atomic mass is 10.1. The van der Waals surface area contributed by atoms with E-state index >= 15 is 0 Å². The highest BCUT2D eigenvalue weighted by Crippen LogP contribution is 2.21. The minimum atomic E-state index is -0.329. The average molecular weight is 301 g/mol. The number of ether oxygens (including phenoxy) is 2. The first-order valence-electron chi connectivity index (χ1n) is 5.63. The Morgan fingerprint density at radius 1 is 1.41 bits per heavy atom. The summed E-state index contributed by atoms with van der Waals surface area (Å²) in [7, 11) is 1.55. The predicted octanol–water partition coefficient (Wildman–Crippen LogP) is 3.20. The van der Waals surface area contributed by atoms with Crippen LogP contribution in [-0.2, 0) is 11.2 Å². The lowest BCUT2D eigenvalue weighted by Gasteiger charge is -2.09. The van der Waals surface area contributed by atoms with Gasteiger partial charge in [-0.15, -0.1) is 0 Å².